The fourth-order valence-corrected chi connectivity index (χ4v) is 12.8. The van der Waals surface area contributed by atoms with Gasteiger partial charge in [-0.25, -0.2) is 0 Å². The lowest BCUT2D eigenvalue weighted by molar-refractivity contribution is 1.28. The Morgan fingerprint density at radius 3 is 0.722 bits per heavy atom. The molecule has 0 radical (unpaired) electrons. The molecule has 0 heterocycles. The van der Waals surface area contributed by atoms with E-state index >= 15 is 0 Å². The predicted octanol–water partition coefficient (Wildman–Crippen LogP) is 22.1. The molecule has 0 aliphatic heterocycles. The zero-order chi connectivity index (χ0) is 52.2. The fraction of sp³-hybridized carbons (Fsp3) is 0. The Morgan fingerprint density at radius 2 is 0.367 bits per heavy atom. The zero-order valence-corrected chi connectivity index (χ0v) is 43.4. The van der Waals surface area contributed by atoms with E-state index in [1.165, 1.54) is 131 Å². The van der Waals surface area contributed by atoms with Crippen molar-refractivity contribution >= 4 is 81.7 Å². The van der Waals surface area contributed by atoms with Crippen molar-refractivity contribution in [3.05, 3.63) is 309 Å². The maximum atomic E-state index is 2.40. The van der Waals surface area contributed by atoms with E-state index in [1.54, 1.807) is 0 Å². The summed E-state index contributed by atoms with van der Waals surface area (Å²) >= 11 is 0. The third-order valence-corrected chi connectivity index (χ3v) is 16.2. The third kappa shape index (κ3) is 7.78. The van der Waals surface area contributed by atoms with Crippen molar-refractivity contribution < 1.29 is 0 Å². The van der Waals surface area contributed by atoms with Crippen LogP contribution >= 0.6 is 0 Å². The van der Waals surface area contributed by atoms with Crippen LogP contribution < -0.4 is 4.90 Å². The zero-order valence-electron chi connectivity index (χ0n) is 43.4. The molecule has 0 fully saturated rings. The number of hydrogen-bond donors (Lipinski definition) is 0. The highest BCUT2D eigenvalue weighted by atomic mass is 15.1. The van der Waals surface area contributed by atoms with E-state index in [0.29, 0.717) is 0 Å². The first-order chi connectivity index (χ1) is 39.2. The van der Waals surface area contributed by atoms with Gasteiger partial charge in [-0.05, 0) is 174 Å². The average Bonchev–Trinajstić information content (AvgIpc) is 3.72. The van der Waals surface area contributed by atoms with Crippen LogP contribution in [0.2, 0.25) is 0 Å². The van der Waals surface area contributed by atoms with Crippen LogP contribution in [0.1, 0.15) is 0 Å². The molecule has 0 aliphatic carbocycles. The smallest absolute Gasteiger partial charge is 0.0462 e. The third-order valence-electron chi connectivity index (χ3n) is 16.2. The van der Waals surface area contributed by atoms with Gasteiger partial charge < -0.3 is 4.90 Å². The summed E-state index contributed by atoms with van der Waals surface area (Å²) in [5.41, 5.74) is 18.1. The summed E-state index contributed by atoms with van der Waals surface area (Å²) in [6.07, 6.45) is 0. The Kier molecular flexibility index (Phi) is 11.3. The van der Waals surface area contributed by atoms with E-state index in [2.05, 4.69) is 314 Å². The monoisotopic (exact) mass is 1000 g/mol. The van der Waals surface area contributed by atoms with E-state index in [4.69, 9.17) is 0 Å². The van der Waals surface area contributed by atoms with Crippen LogP contribution in [0, 0.1) is 0 Å². The number of para-hydroxylation sites is 2. The number of hydrogen-bond acceptors (Lipinski definition) is 1. The molecule has 0 aliphatic rings. The molecule has 0 amide bonds. The molecule has 15 aromatic carbocycles. The standard InChI is InChI=1S/C78H51N/c1-5-23-52(24-6-1)57-47-50-71-72(51-57)76(53-25-7-2-8-26-53)62-32-14-13-31-61(62)75(71)55-43-41-54(42-44-55)73-63-33-15-19-37-67(63)77(68-38-20-16-34-64(68)73)78-69-39-21-17-35-65(69)74(66-36-18-22-40-70(66)78)56-45-48-60(49-46-56)79(58-27-9-3-10-28-58)59-29-11-4-12-30-59/h1-51H. The second kappa shape index (κ2) is 19.3. The number of nitrogens with zero attached hydrogens (tertiary/aromatic N) is 1. The van der Waals surface area contributed by atoms with Crippen molar-refractivity contribution in [3.63, 3.8) is 0 Å². The first-order valence-corrected chi connectivity index (χ1v) is 27.3. The highest BCUT2D eigenvalue weighted by Crippen LogP contribution is 2.51. The molecule has 1 heteroatoms. The Morgan fingerprint density at radius 1 is 0.139 bits per heavy atom. The Hall–Kier alpha value is -10.3. The summed E-state index contributed by atoms with van der Waals surface area (Å²) in [5.74, 6) is 0. The predicted molar refractivity (Wildman–Crippen MR) is 339 cm³/mol. The van der Waals surface area contributed by atoms with Crippen molar-refractivity contribution in [2.24, 2.45) is 0 Å². The van der Waals surface area contributed by atoms with Crippen LogP contribution in [-0.2, 0) is 0 Å². The maximum Gasteiger partial charge on any atom is 0.0462 e. The van der Waals surface area contributed by atoms with Gasteiger partial charge in [0.05, 0.1) is 0 Å². The minimum Gasteiger partial charge on any atom is -0.311 e. The molecule has 1 nitrogen and oxygen atoms in total. The van der Waals surface area contributed by atoms with E-state index in [0.717, 1.165) is 17.1 Å². The number of benzene rings is 15. The van der Waals surface area contributed by atoms with Gasteiger partial charge in [0.15, 0.2) is 0 Å². The summed E-state index contributed by atoms with van der Waals surface area (Å²) in [6, 6.07) is 114. The summed E-state index contributed by atoms with van der Waals surface area (Å²) in [5, 5.41) is 14.8. The van der Waals surface area contributed by atoms with Gasteiger partial charge in [0, 0.05) is 17.1 Å². The molecule has 0 aromatic heterocycles. The molecule has 0 unspecified atom stereocenters. The molecular formula is C78H51N. The van der Waals surface area contributed by atoms with Crippen LogP contribution in [0.4, 0.5) is 17.1 Å². The van der Waals surface area contributed by atoms with Gasteiger partial charge in [0.2, 0.25) is 0 Å². The first-order valence-electron chi connectivity index (χ1n) is 27.3. The van der Waals surface area contributed by atoms with Gasteiger partial charge in [-0.3, -0.25) is 0 Å². The second-order valence-electron chi connectivity index (χ2n) is 20.6. The van der Waals surface area contributed by atoms with Crippen molar-refractivity contribution in [2.75, 3.05) is 4.90 Å². The van der Waals surface area contributed by atoms with Crippen LogP contribution in [0.15, 0.2) is 309 Å². The van der Waals surface area contributed by atoms with Crippen molar-refractivity contribution in [1.82, 2.24) is 0 Å². The maximum absolute atomic E-state index is 2.40. The van der Waals surface area contributed by atoms with Crippen molar-refractivity contribution in [2.45, 2.75) is 0 Å². The van der Waals surface area contributed by atoms with Gasteiger partial charge in [0.25, 0.3) is 0 Å². The van der Waals surface area contributed by atoms with Gasteiger partial charge >= 0.3 is 0 Å². The van der Waals surface area contributed by atoms with Gasteiger partial charge in [-0.15, -0.1) is 0 Å². The topological polar surface area (TPSA) is 3.24 Å². The molecule has 0 spiro atoms. The van der Waals surface area contributed by atoms with Gasteiger partial charge in [-0.2, -0.15) is 0 Å². The lowest BCUT2D eigenvalue weighted by atomic mass is 9.81. The number of rotatable bonds is 9. The average molecular weight is 1000 g/mol. The van der Waals surface area contributed by atoms with E-state index in [-0.39, 0.29) is 0 Å². The minimum atomic E-state index is 1.11. The normalized spacial score (nSPS) is 11.5. The molecule has 0 atom stereocenters. The summed E-state index contributed by atoms with van der Waals surface area (Å²) < 4.78 is 0. The molecular weight excluding hydrogens is 951 g/mol. The summed E-state index contributed by atoms with van der Waals surface area (Å²) in [7, 11) is 0. The quantitative estimate of drug-likeness (QED) is 0.130. The van der Waals surface area contributed by atoms with E-state index in [9.17, 15) is 0 Å². The highest BCUT2D eigenvalue weighted by Gasteiger charge is 2.24. The second-order valence-corrected chi connectivity index (χ2v) is 20.6. The summed E-state index contributed by atoms with van der Waals surface area (Å²) in [4.78, 5) is 2.33. The van der Waals surface area contributed by atoms with Crippen LogP contribution in [0.25, 0.3) is 131 Å². The molecule has 0 saturated heterocycles. The first kappa shape index (κ1) is 46.0. The molecule has 368 valence electrons. The highest BCUT2D eigenvalue weighted by molar-refractivity contribution is 6.30. The number of fused-ring (bicyclic) bond motifs is 6. The van der Waals surface area contributed by atoms with Crippen LogP contribution in [-0.4, -0.2) is 0 Å². The van der Waals surface area contributed by atoms with E-state index < -0.39 is 0 Å². The summed E-state index contributed by atoms with van der Waals surface area (Å²) in [6.45, 7) is 0. The van der Waals surface area contributed by atoms with Crippen molar-refractivity contribution in [1.29, 1.82) is 0 Å². The van der Waals surface area contributed by atoms with E-state index in [1.807, 2.05) is 0 Å². The largest absolute Gasteiger partial charge is 0.311 e. The minimum absolute atomic E-state index is 1.11. The molecule has 15 aromatic rings. The Labute approximate surface area is 460 Å². The lowest BCUT2D eigenvalue weighted by Gasteiger charge is -2.26. The SMILES string of the molecule is c1ccc(-c2ccc3c(-c4ccc(-c5c6ccccc6c(-c6c7ccccc7c(-c7ccc(N(c8ccccc8)c8ccccc8)cc7)c7ccccc67)c6ccccc56)cc4)c4ccccc4c(-c4ccccc4)c3c2)cc1. The molecule has 0 bridgehead atoms. The molecule has 0 saturated carbocycles. The molecule has 79 heavy (non-hydrogen) atoms. The lowest BCUT2D eigenvalue weighted by Crippen LogP contribution is -2.09. The molecule has 15 rings (SSSR count). The fourth-order valence-electron chi connectivity index (χ4n) is 12.8. The van der Waals surface area contributed by atoms with Gasteiger partial charge in [-0.1, -0.05) is 267 Å². The Balaban J connectivity index is 0.900. The van der Waals surface area contributed by atoms with Crippen molar-refractivity contribution in [3.8, 4) is 66.8 Å². The van der Waals surface area contributed by atoms with Crippen LogP contribution in [0.5, 0.6) is 0 Å². The van der Waals surface area contributed by atoms with Gasteiger partial charge in [0.1, 0.15) is 0 Å². The van der Waals surface area contributed by atoms with Crippen LogP contribution in [0.3, 0.4) is 0 Å². The molecule has 0 N–H and O–H groups in total. The number of anilines is 3. The Bertz CT molecular complexity index is 4620.